The molecule has 2 fully saturated rings. The summed E-state index contributed by atoms with van der Waals surface area (Å²) >= 11 is 0. The highest BCUT2D eigenvalue weighted by atomic mass is 32.2. The van der Waals surface area contributed by atoms with Crippen LogP contribution in [-0.4, -0.2) is 72.6 Å². The number of carbonyl (C=O) groups is 1. The minimum absolute atomic E-state index is 0.0349. The van der Waals surface area contributed by atoms with Gasteiger partial charge in [-0.1, -0.05) is 24.3 Å². The van der Waals surface area contributed by atoms with Gasteiger partial charge in [-0.25, -0.2) is 8.42 Å². The van der Waals surface area contributed by atoms with Crippen LogP contribution in [-0.2, 0) is 21.4 Å². The Hall–Kier alpha value is -2.82. The van der Waals surface area contributed by atoms with Crippen LogP contribution in [0.5, 0.6) is 0 Å². The number of non-ortho nitro benzene ring substituents is 1. The number of piperidine rings is 1. The summed E-state index contributed by atoms with van der Waals surface area (Å²) in [5.74, 6) is -0.0610. The van der Waals surface area contributed by atoms with Crippen LogP contribution in [0, 0.1) is 23.0 Å². The minimum atomic E-state index is -3.74. The monoisotopic (exact) mass is 486 g/mol. The van der Waals surface area contributed by atoms with Gasteiger partial charge in [-0.2, -0.15) is 4.31 Å². The molecule has 2 saturated heterocycles. The van der Waals surface area contributed by atoms with Crippen molar-refractivity contribution >= 4 is 21.6 Å². The summed E-state index contributed by atoms with van der Waals surface area (Å²) < 4.78 is 27.2. The summed E-state index contributed by atoms with van der Waals surface area (Å²) in [7, 11) is -3.74. The predicted molar refractivity (Wildman–Crippen MR) is 128 cm³/mol. The quantitative estimate of drug-likeness (QED) is 0.459. The van der Waals surface area contributed by atoms with Crippen LogP contribution in [0.15, 0.2) is 53.4 Å². The first-order chi connectivity index (χ1) is 16.3. The van der Waals surface area contributed by atoms with Gasteiger partial charge >= 0.3 is 0 Å². The Labute approximate surface area is 200 Å². The Morgan fingerprint density at radius 1 is 0.971 bits per heavy atom. The standard InChI is InChI=1S/C24H30N4O5S/c1-19-4-2-3-5-21(19)18-25-14-16-26(17-15-25)24(29)20-10-12-27(13-11-20)34(32,33)23-8-6-22(7-9-23)28(30)31/h2-9,20H,10-18H2,1H3. The Morgan fingerprint density at radius 3 is 2.18 bits per heavy atom. The molecule has 0 spiro atoms. The molecule has 0 aliphatic carbocycles. The normalized spacial score (nSPS) is 18.7. The molecule has 0 atom stereocenters. The lowest BCUT2D eigenvalue weighted by Crippen LogP contribution is -2.51. The van der Waals surface area contributed by atoms with E-state index >= 15 is 0 Å². The average molecular weight is 487 g/mol. The second-order valence-electron chi connectivity index (χ2n) is 8.96. The van der Waals surface area contributed by atoms with Crippen molar-refractivity contribution in [2.24, 2.45) is 5.92 Å². The number of amides is 1. The van der Waals surface area contributed by atoms with E-state index in [0.717, 1.165) is 19.6 Å². The van der Waals surface area contributed by atoms with E-state index in [2.05, 4.69) is 30.0 Å². The topological polar surface area (TPSA) is 104 Å². The maximum absolute atomic E-state index is 13.1. The van der Waals surface area contributed by atoms with Crippen molar-refractivity contribution in [3.63, 3.8) is 0 Å². The summed E-state index contributed by atoms with van der Waals surface area (Å²) in [5, 5.41) is 10.8. The summed E-state index contributed by atoms with van der Waals surface area (Å²) in [6.45, 7) is 6.56. The Balaban J connectivity index is 1.28. The molecule has 2 aromatic carbocycles. The van der Waals surface area contributed by atoms with E-state index in [0.29, 0.717) is 25.9 Å². The van der Waals surface area contributed by atoms with E-state index in [-0.39, 0.29) is 35.5 Å². The average Bonchev–Trinajstić information content (AvgIpc) is 2.85. The smallest absolute Gasteiger partial charge is 0.269 e. The molecule has 2 aliphatic rings. The molecular formula is C24H30N4O5S. The van der Waals surface area contributed by atoms with Crippen LogP contribution in [0.1, 0.15) is 24.0 Å². The number of benzene rings is 2. The van der Waals surface area contributed by atoms with Crippen LogP contribution in [0.4, 0.5) is 5.69 Å². The molecule has 2 aromatic rings. The van der Waals surface area contributed by atoms with E-state index < -0.39 is 14.9 Å². The van der Waals surface area contributed by atoms with E-state index in [9.17, 15) is 23.3 Å². The number of nitro groups is 1. The Kier molecular flexibility index (Phi) is 7.30. The summed E-state index contributed by atoms with van der Waals surface area (Å²) in [4.78, 5) is 27.6. The van der Waals surface area contributed by atoms with E-state index in [4.69, 9.17) is 0 Å². The number of rotatable bonds is 6. The maximum atomic E-state index is 13.1. The lowest BCUT2D eigenvalue weighted by atomic mass is 9.96. The van der Waals surface area contributed by atoms with Crippen LogP contribution in [0.25, 0.3) is 0 Å². The van der Waals surface area contributed by atoms with Gasteiger partial charge < -0.3 is 4.90 Å². The molecule has 9 nitrogen and oxygen atoms in total. The number of sulfonamides is 1. The van der Waals surface area contributed by atoms with Crippen LogP contribution in [0.2, 0.25) is 0 Å². The molecule has 0 bridgehead atoms. The number of nitro benzene ring substituents is 1. The van der Waals surface area contributed by atoms with Crippen LogP contribution < -0.4 is 0 Å². The first-order valence-electron chi connectivity index (χ1n) is 11.6. The van der Waals surface area contributed by atoms with Crippen molar-refractivity contribution in [3.8, 4) is 0 Å². The number of aryl methyl sites for hydroxylation is 1. The van der Waals surface area contributed by atoms with Crippen molar-refractivity contribution in [3.05, 3.63) is 69.8 Å². The molecule has 10 heteroatoms. The van der Waals surface area contributed by atoms with Gasteiger partial charge in [0.05, 0.1) is 9.82 Å². The third-order valence-electron chi connectivity index (χ3n) is 6.83. The van der Waals surface area contributed by atoms with Crippen molar-refractivity contribution in [2.45, 2.75) is 31.2 Å². The van der Waals surface area contributed by atoms with Gasteiger partial charge in [0.2, 0.25) is 15.9 Å². The minimum Gasteiger partial charge on any atom is -0.340 e. The highest BCUT2D eigenvalue weighted by molar-refractivity contribution is 7.89. The first-order valence-corrected chi connectivity index (χ1v) is 13.0. The Bertz CT molecular complexity index is 1140. The molecular weight excluding hydrogens is 456 g/mol. The number of hydrogen-bond acceptors (Lipinski definition) is 6. The molecule has 0 N–H and O–H groups in total. The molecule has 1 amide bonds. The summed E-state index contributed by atoms with van der Waals surface area (Å²) in [5.41, 5.74) is 2.43. The lowest BCUT2D eigenvalue weighted by Gasteiger charge is -2.38. The third kappa shape index (κ3) is 5.29. The molecule has 4 rings (SSSR count). The van der Waals surface area contributed by atoms with Crippen molar-refractivity contribution in [1.82, 2.24) is 14.1 Å². The van der Waals surface area contributed by atoms with Crippen molar-refractivity contribution < 1.29 is 18.1 Å². The highest BCUT2D eigenvalue weighted by Crippen LogP contribution is 2.26. The first kappa shape index (κ1) is 24.3. The second kappa shape index (κ2) is 10.2. The molecule has 0 radical (unpaired) electrons. The van der Waals surface area contributed by atoms with Gasteiger partial charge in [0, 0.05) is 63.9 Å². The highest BCUT2D eigenvalue weighted by Gasteiger charge is 2.34. The van der Waals surface area contributed by atoms with Gasteiger partial charge in [0.1, 0.15) is 0 Å². The van der Waals surface area contributed by atoms with Gasteiger partial charge in [-0.05, 0) is 43.0 Å². The zero-order chi connectivity index (χ0) is 24.3. The fraction of sp³-hybridized carbons (Fsp3) is 0.458. The lowest BCUT2D eigenvalue weighted by molar-refractivity contribution is -0.384. The second-order valence-corrected chi connectivity index (χ2v) is 10.9. The fourth-order valence-corrected chi connectivity index (χ4v) is 6.11. The van der Waals surface area contributed by atoms with E-state index in [1.807, 2.05) is 11.0 Å². The summed E-state index contributed by atoms with van der Waals surface area (Å²) in [6, 6.07) is 13.3. The predicted octanol–water partition coefficient (Wildman–Crippen LogP) is 2.65. The number of piperazine rings is 1. The molecule has 0 aromatic heterocycles. The molecule has 2 aliphatic heterocycles. The maximum Gasteiger partial charge on any atom is 0.269 e. The van der Waals surface area contributed by atoms with Gasteiger partial charge in [-0.3, -0.25) is 19.8 Å². The van der Waals surface area contributed by atoms with Gasteiger partial charge in [-0.15, -0.1) is 0 Å². The zero-order valence-electron chi connectivity index (χ0n) is 19.3. The molecule has 182 valence electrons. The van der Waals surface area contributed by atoms with Crippen molar-refractivity contribution in [2.75, 3.05) is 39.3 Å². The Morgan fingerprint density at radius 2 is 1.59 bits per heavy atom. The molecule has 34 heavy (non-hydrogen) atoms. The van der Waals surface area contributed by atoms with E-state index in [1.165, 1.54) is 39.7 Å². The number of nitrogens with zero attached hydrogens (tertiary/aromatic N) is 4. The van der Waals surface area contributed by atoms with Crippen LogP contribution >= 0.6 is 0 Å². The zero-order valence-corrected chi connectivity index (χ0v) is 20.1. The summed E-state index contributed by atoms with van der Waals surface area (Å²) in [6.07, 6.45) is 0.961. The SMILES string of the molecule is Cc1ccccc1CN1CCN(C(=O)C2CCN(S(=O)(=O)c3ccc([N+](=O)[O-])cc3)CC2)CC1. The van der Waals surface area contributed by atoms with Gasteiger partial charge in [0.15, 0.2) is 0 Å². The van der Waals surface area contributed by atoms with Crippen LogP contribution in [0.3, 0.4) is 0 Å². The number of carbonyl (C=O) groups excluding carboxylic acids is 1. The fourth-order valence-electron chi connectivity index (χ4n) is 4.64. The molecule has 0 unspecified atom stereocenters. The molecule has 2 heterocycles. The number of hydrogen-bond donors (Lipinski definition) is 0. The largest absolute Gasteiger partial charge is 0.340 e. The molecule has 0 saturated carbocycles. The van der Waals surface area contributed by atoms with E-state index in [1.54, 1.807) is 0 Å². The van der Waals surface area contributed by atoms with Crippen molar-refractivity contribution in [1.29, 1.82) is 0 Å². The van der Waals surface area contributed by atoms with Gasteiger partial charge in [0.25, 0.3) is 5.69 Å². The third-order valence-corrected chi connectivity index (χ3v) is 8.74.